The summed E-state index contributed by atoms with van der Waals surface area (Å²) in [6.07, 6.45) is 24.3. The molecule has 0 aromatic carbocycles. The zero-order valence-corrected chi connectivity index (χ0v) is 15.8. The van der Waals surface area contributed by atoms with Gasteiger partial charge in [-0.05, 0) is 6.42 Å². The van der Waals surface area contributed by atoms with Crippen LogP contribution in [0.4, 0.5) is 0 Å². The molecule has 0 spiro atoms. The van der Waals surface area contributed by atoms with E-state index in [1.807, 2.05) is 0 Å². The SMILES string of the molecule is CCCCCCCCCCCCCCCCCC(=O)c1ncc[nH]1. The molecule has 0 aliphatic carbocycles. The highest BCUT2D eigenvalue weighted by atomic mass is 16.1. The van der Waals surface area contributed by atoms with Crippen molar-refractivity contribution in [2.24, 2.45) is 0 Å². The molecule has 0 radical (unpaired) electrons. The molecule has 1 aromatic heterocycles. The molecule has 0 unspecified atom stereocenters. The van der Waals surface area contributed by atoms with Gasteiger partial charge in [0.05, 0.1) is 0 Å². The molecular formula is C21H38N2O. The monoisotopic (exact) mass is 334 g/mol. The van der Waals surface area contributed by atoms with E-state index < -0.39 is 0 Å². The number of rotatable bonds is 17. The van der Waals surface area contributed by atoms with Crippen molar-refractivity contribution in [3.63, 3.8) is 0 Å². The summed E-state index contributed by atoms with van der Waals surface area (Å²) in [6.45, 7) is 2.28. The van der Waals surface area contributed by atoms with Crippen molar-refractivity contribution in [1.82, 2.24) is 9.97 Å². The Balaban J connectivity index is 1.74. The smallest absolute Gasteiger partial charge is 0.198 e. The van der Waals surface area contributed by atoms with Crippen molar-refractivity contribution in [2.45, 2.75) is 110 Å². The van der Waals surface area contributed by atoms with E-state index in [2.05, 4.69) is 16.9 Å². The third-order valence-electron chi connectivity index (χ3n) is 4.77. The molecule has 0 saturated carbocycles. The summed E-state index contributed by atoms with van der Waals surface area (Å²) < 4.78 is 0. The summed E-state index contributed by atoms with van der Waals surface area (Å²) in [5.41, 5.74) is 0. The van der Waals surface area contributed by atoms with Gasteiger partial charge < -0.3 is 4.98 Å². The maximum absolute atomic E-state index is 11.7. The largest absolute Gasteiger partial charge is 0.342 e. The first-order chi connectivity index (χ1) is 11.8. The fraction of sp³-hybridized carbons (Fsp3) is 0.810. The van der Waals surface area contributed by atoms with E-state index in [1.54, 1.807) is 12.4 Å². The van der Waals surface area contributed by atoms with Crippen molar-refractivity contribution in [1.29, 1.82) is 0 Å². The van der Waals surface area contributed by atoms with Crippen LogP contribution in [-0.4, -0.2) is 15.8 Å². The third-order valence-corrected chi connectivity index (χ3v) is 4.77. The predicted octanol–water partition coefficient (Wildman–Crippen LogP) is 6.85. The first kappa shape index (κ1) is 20.9. The zero-order chi connectivity index (χ0) is 17.3. The summed E-state index contributed by atoms with van der Waals surface area (Å²) in [4.78, 5) is 18.6. The molecule has 3 nitrogen and oxygen atoms in total. The topological polar surface area (TPSA) is 45.8 Å². The Morgan fingerprint density at radius 1 is 0.792 bits per heavy atom. The van der Waals surface area contributed by atoms with E-state index in [0.29, 0.717) is 12.2 Å². The Kier molecular flexibility index (Phi) is 13.4. The van der Waals surface area contributed by atoms with Gasteiger partial charge in [0.1, 0.15) is 0 Å². The summed E-state index contributed by atoms with van der Waals surface area (Å²) in [5.74, 6) is 0.662. The lowest BCUT2D eigenvalue weighted by Crippen LogP contribution is -2.01. The Bertz CT molecular complexity index is 387. The van der Waals surface area contributed by atoms with Crippen molar-refractivity contribution in [3.8, 4) is 0 Å². The van der Waals surface area contributed by atoms with Crippen LogP contribution in [0.5, 0.6) is 0 Å². The number of aromatic nitrogens is 2. The third kappa shape index (κ3) is 11.4. The molecule has 138 valence electrons. The summed E-state index contributed by atoms with van der Waals surface area (Å²) >= 11 is 0. The number of H-pyrrole nitrogens is 1. The molecule has 0 amide bonds. The van der Waals surface area contributed by atoms with Gasteiger partial charge in [0.2, 0.25) is 0 Å². The van der Waals surface area contributed by atoms with Crippen molar-refractivity contribution < 1.29 is 4.79 Å². The highest BCUT2D eigenvalue weighted by Crippen LogP contribution is 2.14. The zero-order valence-electron chi connectivity index (χ0n) is 15.8. The highest BCUT2D eigenvalue weighted by Gasteiger charge is 2.06. The molecule has 0 aliphatic rings. The number of hydrogen-bond donors (Lipinski definition) is 1. The van der Waals surface area contributed by atoms with E-state index in [0.717, 1.165) is 6.42 Å². The molecule has 0 atom stereocenters. The van der Waals surface area contributed by atoms with E-state index in [1.165, 1.54) is 89.9 Å². The summed E-state index contributed by atoms with van der Waals surface area (Å²) in [7, 11) is 0. The minimum Gasteiger partial charge on any atom is -0.342 e. The highest BCUT2D eigenvalue weighted by molar-refractivity contribution is 5.92. The number of imidazole rings is 1. The molecule has 1 rings (SSSR count). The quantitative estimate of drug-likeness (QED) is 0.250. The molecule has 1 aromatic rings. The van der Waals surface area contributed by atoms with Crippen LogP contribution < -0.4 is 0 Å². The van der Waals surface area contributed by atoms with Crippen LogP contribution in [0.2, 0.25) is 0 Å². The van der Waals surface area contributed by atoms with Gasteiger partial charge in [0, 0.05) is 18.8 Å². The molecule has 0 saturated heterocycles. The minimum atomic E-state index is 0.148. The van der Waals surface area contributed by atoms with Crippen LogP contribution in [0.1, 0.15) is 120 Å². The first-order valence-corrected chi connectivity index (χ1v) is 10.4. The number of hydrogen-bond acceptors (Lipinski definition) is 2. The van der Waals surface area contributed by atoms with Crippen LogP contribution in [0.15, 0.2) is 12.4 Å². The Labute approximate surface area is 149 Å². The lowest BCUT2D eigenvalue weighted by molar-refractivity contribution is 0.0970. The fourth-order valence-corrected chi connectivity index (χ4v) is 3.19. The molecule has 0 aliphatic heterocycles. The average Bonchev–Trinajstić information content (AvgIpc) is 3.13. The Morgan fingerprint density at radius 2 is 1.25 bits per heavy atom. The number of aromatic amines is 1. The van der Waals surface area contributed by atoms with E-state index >= 15 is 0 Å². The number of nitrogens with zero attached hydrogens (tertiary/aromatic N) is 1. The van der Waals surface area contributed by atoms with Gasteiger partial charge in [-0.25, -0.2) is 4.98 Å². The van der Waals surface area contributed by atoms with Gasteiger partial charge in [0.25, 0.3) is 0 Å². The van der Waals surface area contributed by atoms with Crippen molar-refractivity contribution >= 4 is 5.78 Å². The lowest BCUT2D eigenvalue weighted by atomic mass is 10.0. The molecule has 24 heavy (non-hydrogen) atoms. The van der Waals surface area contributed by atoms with Gasteiger partial charge in [-0.1, -0.05) is 96.8 Å². The molecule has 1 heterocycles. The number of carbonyl (C=O) groups is 1. The molecule has 1 N–H and O–H groups in total. The van der Waals surface area contributed by atoms with Crippen LogP contribution in [0.3, 0.4) is 0 Å². The van der Waals surface area contributed by atoms with E-state index in [9.17, 15) is 4.79 Å². The maximum Gasteiger partial charge on any atom is 0.198 e. The van der Waals surface area contributed by atoms with Crippen molar-refractivity contribution in [3.05, 3.63) is 18.2 Å². The average molecular weight is 335 g/mol. The van der Waals surface area contributed by atoms with Crippen LogP contribution in [0, 0.1) is 0 Å². The summed E-state index contributed by atoms with van der Waals surface area (Å²) in [6, 6.07) is 0. The predicted molar refractivity (Wildman–Crippen MR) is 102 cm³/mol. The van der Waals surface area contributed by atoms with Gasteiger partial charge in [-0.15, -0.1) is 0 Å². The van der Waals surface area contributed by atoms with Crippen molar-refractivity contribution in [2.75, 3.05) is 0 Å². The van der Waals surface area contributed by atoms with Gasteiger partial charge in [-0.3, -0.25) is 4.79 Å². The Morgan fingerprint density at radius 3 is 1.67 bits per heavy atom. The van der Waals surface area contributed by atoms with Gasteiger partial charge in [0.15, 0.2) is 11.6 Å². The second-order valence-electron chi connectivity index (χ2n) is 7.06. The number of nitrogens with one attached hydrogen (secondary N) is 1. The van der Waals surface area contributed by atoms with Gasteiger partial charge >= 0.3 is 0 Å². The number of Topliss-reactive ketones (excluding diaryl/α,β-unsaturated/α-hetero) is 1. The van der Waals surface area contributed by atoms with E-state index in [-0.39, 0.29) is 5.78 Å². The first-order valence-electron chi connectivity index (χ1n) is 10.4. The number of unbranched alkanes of at least 4 members (excludes halogenated alkanes) is 14. The number of carbonyl (C=O) groups excluding carboxylic acids is 1. The van der Waals surface area contributed by atoms with E-state index in [4.69, 9.17) is 0 Å². The summed E-state index contributed by atoms with van der Waals surface area (Å²) in [5, 5.41) is 0. The standard InChI is InChI=1S/C21H38N2O/c1-2-3-4-5-6-7-8-9-10-11-12-13-14-15-16-17-20(24)21-22-18-19-23-21/h18-19H,2-17H2,1H3,(H,22,23). The normalized spacial score (nSPS) is 11.0. The lowest BCUT2D eigenvalue weighted by Gasteiger charge is -2.03. The molecule has 0 fully saturated rings. The fourth-order valence-electron chi connectivity index (χ4n) is 3.19. The maximum atomic E-state index is 11.7. The molecule has 3 heteroatoms. The van der Waals surface area contributed by atoms with Gasteiger partial charge in [-0.2, -0.15) is 0 Å². The van der Waals surface area contributed by atoms with Crippen LogP contribution in [-0.2, 0) is 0 Å². The Hall–Kier alpha value is -1.12. The van der Waals surface area contributed by atoms with Crippen LogP contribution >= 0.6 is 0 Å². The second-order valence-corrected chi connectivity index (χ2v) is 7.06. The molecule has 0 bridgehead atoms. The minimum absolute atomic E-state index is 0.148. The van der Waals surface area contributed by atoms with Crippen LogP contribution in [0.25, 0.3) is 0 Å². The number of ketones is 1. The molecular weight excluding hydrogens is 296 g/mol. The second kappa shape index (κ2) is 15.4.